The zero-order valence-corrected chi connectivity index (χ0v) is 13.1. The fourth-order valence-corrected chi connectivity index (χ4v) is 3.65. The van der Waals surface area contributed by atoms with Gasteiger partial charge in [-0.05, 0) is 37.3 Å². The van der Waals surface area contributed by atoms with E-state index < -0.39 is 0 Å². The normalized spacial score (nSPS) is 26.3. The highest BCUT2D eigenvalue weighted by atomic mass is 16.2. The van der Waals surface area contributed by atoms with E-state index in [0.717, 1.165) is 37.9 Å². The molecule has 2 heterocycles. The van der Waals surface area contributed by atoms with Gasteiger partial charge < -0.3 is 0 Å². The van der Waals surface area contributed by atoms with Gasteiger partial charge in [-0.25, -0.2) is 0 Å². The zero-order valence-electron chi connectivity index (χ0n) is 13.1. The van der Waals surface area contributed by atoms with Crippen molar-refractivity contribution in [2.45, 2.75) is 38.5 Å². The first-order chi connectivity index (χ1) is 11.2. The number of hydrogen-bond acceptors (Lipinski definition) is 5. The van der Waals surface area contributed by atoms with E-state index in [1.165, 1.54) is 5.56 Å². The lowest BCUT2D eigenvalue weighted by molar-refractivity contribution is -0.136. The molecule has 0 saturated heterocycles. The van der Waals surface area contributed by atoms with Gasteiger partial charge in [-0.2, -0.15) is 5.21 Å². The number of rotatable bonds is 3. The molecular formula is C16H20N6O. The van der Waals surface area contributed by atoms with E-state index in [-0.39, 0.29) is 17.2 Å². The number of amides is 1. The monoisotopic (exact) mass is 312 g/mol. The number of hydrogen-bond donors (Lipinski definition) is 2. The highest BCUT2D eigenvalue weighted by Gasteiger charge is 2.48. The zero-order chi connectivity index (χ0) is 15.9. The van der Waals surface area contributed by atoms with E-state index in [1.54, 1.807) is 0 Å². The molecular weight excluding hydrogens is 292 g/mol. The van der Waals surface area contributed by atoms with Crippen LogP contribution >= 0.6 is 0 Å². The summed E-state index contributed by atoms with van der Waals surface area (Å²) in [5.41, 5.74) is 5.16. The maximum absolute atomic E-state index is 12.7. The van der Waals surface area contributed by atoms with E-state index in [2.05, 4.69) is 38.2 Å². The highest BCUT2D eigenvalue weighted by molar-refractivity contribution is 5.85. The summed E-state index contributed by atoms with van der Waals surface area (Å²) in [6.07, 6.45) is 3.64. The van der Waals surface area contributed by atoms with Gasteiger partial charge in [0.05, 0.1) is 5.69 Å². The molecule has 7 heteroatoms. The van der Waals surface area contributed by atoms with Crippen LogP contribution in [0.5, 0.6) is 0 Å². The molecule has 1 aliphatic carbocycles. The van der Waals surface area contributed by atoms with Gasteiger partial charge in [-0.15, -0.1) is 10.2 Å². The third-order valence-corrected chi connectivity index (χ3v) is 5.02. The lowest BCUT2D eigenvalue weighted by atomic mass is 9.62. The number of aromatic amines is 1. The summed E-state index contributed by atoms with van der Waals surface area (Å²) in [6.45, 7) is 2.86. The van der Waals surface area contributed by atoms with Crippen LogP contribution in [0, 0.1) is 5.41 Å². The van der Waals surface area contributed by atoms with E-state index in [1.807, 2.05) is 24.1 Å². The second-order valence-corrected chi connectivity index (χ2v) is 6.76. The SMILES string of the molecule is CC1(C(=O)NN2CCCc3ccccc32)CC(c2nn[nH]n2)C1. The molecule has 23 heavy (non-hydrogen) atoms. The molecule has 1 amide bonds. The lowest BCUT2D eigenvalue weighted by Gasteiger charge is -2.44. The van der Waals surface area contributed by atoms with Crippen molar-refractivity contribution in [2.24, 2.45) is 5.41 Å². The molecule has 2 aliphatic rings. The number of H-pyrrole nitrogens is 1. The number of para-hydroxylation sites is 1. The average Bonchev–Trinajstić information content (AvgIpc) is 3.06. The Bertz CT molecular complexity index is 707. The van der Waals surface area contributed by atoms with Crippen LogP contribution in [0.15, 0.2) is 24.3 Å². The van der Waals surface area contributed by atoms with Crippen LogP contribution in [0.3, 0.4) is 0 Å². The fourth-order valence-electron chi connectivity index (χ4n) is 3.65. The number of aryl methyl sites for hydroxylation is 1. The molecule has 4 rings (SSSR count). The summed E-state index contributed by atoms with van der Waals surface area (Å²) in [5, 5.41) is 16.1. The van der Waals surface area contributed by atoms with Crippen molar-refractivity contribution < 1.29 is 4.79 Å². The number of anilines is 1. The van der Waals surface area contributed by atoms with Gasteiger partial charge in [0, 0.05) is 17.9 Å². The Balaban J connectivity index is 1.43. The molecule has 1 aliphatic heterocycles. The van der Waals surface area contributed by atoms with Crippen molar-refractivity contribution in [3.63, 3.8) is 0 Å². The minimum atomic E-state index is -0.363. The molecule has 0 bridgehead atoms. The Labute approximate surface area is 134 Å². The summed E-state index contributed by atoms with van der Waals surface area (Å²) >= 11 is 0. The Morgan fingerprint density at radius 3 is 3.00 bits per heavy atom. The van der Waals surface area contributed by atoms with Gasteiger partial charge in [0.2, 0.25) is 5.91 Å². The molecule has 1 aromatic carbocycles. The number of nitrogens with one attached hydrogen (secondary N) is 2. The number of fused-ring (bicyclic) bond motifs is 1. The van der Waals surface area contributed by atoms with E-state index in [4.69, 9.17) is 0 Å². The number of carbonyl (C=O) groups excluding carboxylic acids is 1. The van der Waals surface area contributed by atoms with Gasteiger partial charge in [0.1, 0.15) is 0 Å². The Morgan fingerprint density at radius 2 is 2.22 bits per heavy atom. The lowest BCUT2D eigenvalue weighted by Crippen LogP contribution is -2.54. The van der Waals surface area contributed by atoms with Gasteiger partial charge in [0.15, 0.2) is 5.82 Å². The average molecular weight is 312 g/mol. The second-order valence-electron chi connectivity index (χ2n) is 6.76. The first kappa shape index (κ1) is 14.2. The van der Waals surface area contributed by atoms with Crippen LogP contribution in [0.4, 0.5) is 5.69 Å². The minimum Gasteiger partial charge on any atom is -0.285 e. The van der Waals surface area contributed by atoms with Crippen LogP contribution < -0.4 is 10.4 Å². The molecule has 2 N–H and O–H groups in total. The van der Waals surface area contributed by atoms with Crippen molar-refractivity contribution in [3.8, 4) is 0 Å². The van der Waals surface area contributed by atoms with E-state index in [9.17, 15) is 4.79 Å². The maximum atomic E-state index is 12.7. The Morgan fingerprint density at radius 1 is 1.39 bits per heavy atom. The van der Waals surface area contributed by atoms with Crippen LogP contribution in [0.25, 0.3) is 0 Å². The number of tetrazole rings is 1. The number of nitrogens with zero attached hydrogens (tertiary/aromatic N) is 4. The first-order valence-corrected chi connectivity index (χ1v) is 8.06. The molecule has 0 radical (unpaired) electrons. The fraction of sp³-hybridized carbons (Fsp3) is 0.500. The molecule has 0 spiro atoms. The predicted molar refractivity (Wildman–Crippen MR) is 84.5 cm³/mol. The Kier molecular flexibility index (Phi) is 3.28. The molecule has 120 valence electrons. The summed E-state index contributed by atoms with van der Waals surface area (Å²) in [5.74, 6) is 1.01. The van der Waals surface area contributed by atoms with Gasteiger partial charge in [-0.1, -0.05) is 30.3 Å². The summed E-state index contributed by atoms with van der Waals surface area (Å²) in [6, 6.07) is 8.26. The van der Waals surface area contributed by atoms with Crippen molar-refractivity contribution in [3.05, 3.63) is 35.7 Å². The van der Waals surface area contributed by atoms with Crippen LogP contribution in [-0.4, -0.2) is 33.1 Å². The molecule has 7 nitrogen and oxygen atoms in total. The van der Waals surface area contributed by atoms with Crippen LogP contribution in [-0.2, 0) is 11.2 Å². The summed E-state index contributed by atoms with van der Waals surface area (Å²) in [7, 11) is 0. The summed E-state index contributed by atoms with van der Waals surface area (Å²) < 4.78 is 0. The van der Waals surface area contributed by atoms with Crippen molar-refractivity contribution in [2.75, 3.05) is 11.6 Å². The van der Waals surface area contributed by atoms with E-state index in [0.29, 0.717) is 5.82 Å². The molecule has 1 saturated carbocycles. The number of aromatic nitrogens is 4. The topological polar surface area (TPSA) is 86.8 Å². The third-order valence-electron chi connectivity index (χ3n) is 5.02. The third kappa shape index (κ3) is 2.46. The van der Waals surface area contributed by atoms with Gasteiger partial charge in [0.25, 0.3) is 0 Å². The van der Waals surface area contributed by atoms with Gasteiger partial charge >= 0.3 is 0 Å². The molecule has 1 fully saturated rings. The number of benzene rings is 1. The largest absolute Gasteiger partial charge is 0.285 e. The van der Waals surface area contributed by atoms with Crippen LogP contribution in [0.2, 0.25) is 0 Å². The molecule has 0 atom stereocenters. The van der Waals surface area contributed by atoms with Crippen LogP contribution in [0.1, 0.15) is 43.5 Å². The quantitative estimate of drug-likeness (QED) is 0.898. The van der Waals surface area contributed by atoms with Crippen molar-refractivity contribution in [1.82, 2.24) is 26.0 Å². The number of hydrazine groups is 1. The standard InChI is InChI=1S/C16H20N6O/c1-16(9-12(10-16)14-17-20-21-18-14)15(23)19-22-8-4-6-11-5-2-3-7-13(11)22/h2-3,5,7,12H,4,6,8-10H2,1H3,(H,19,23)(H,17,18,20,21). The summed E-state index contributed by atoms with van der Waals surface area (Å²) in [4.78, 5) is 12.7. The highest BCUT2D eigenvalue weighted by Crippen LogP contribution is 2.50. The van der Waals surface area contributed by atoms with E-state index >= 15 is 0 Å². The first-order valence-electron chi connectivity index (χ1n) is 8.06. The van der Waals surface area contributed by atoms with Crippen molar-refractivity contribution in [1.29, 1.82) is 0 Å². The Hall–Kier alpha value is -2.44. The van der Waals surface area contributed by atoms with Crippen molar-refractivity contribution >= 4 is 11.6 Å². The maximum Gasteiger partial charge on any atom is 0.244 e. The molecule has 2 aromatic rings. The molecule has 1 aromatic heterocycles. The number of carbonyl (C=O) groups is 1. The van der Waals surface area contributed by atoms with Gasteiger partial charge in [-0.3, -0.25) is 15.2 Å². The minimum absolute atomic E-state index is 0.0777. The second kappa shape index (κ2) is 5.33. The molecule has 0 unspecified atom stereocenters. The smallest absolute Gasteiger partial charge is 0.244 e. The predicted octanol–water partition coefficient (Wildman–Crippen LogP) is 1.57.